The third-order valence-corrected chi connectivity index (χ3v) is 10.8. The van der Waals surface area contributed by atoms with Gasteiger partial charge < -0.3 is 4.65 Å². The molecule has 0 aromatic heterocycles. The largest absolute Gasteiger partial charge is 0.360 e. The molecule has 0 bridgehead atoms. The third kappa shape index (κ3) is 2.93. The van der Waals surface area contributed by atoms with Gasteiger partial charge in [-0.05, 0) is 22.2 Å². The summed E-state index contributed by atoms with van der Waals surface area (Å²) < 4.78 is 3.97. The predicted molar refractivity (Wildman–Crippen MR) is 63.7 cm³/mol. The van der Waals surface area contributed by atoms with Gasteiger partial charge >= 0.3 is 0 Å². The van der Waals surface area contributed by atoms with Crippen LogP contribution in [0.4, 0.5) is 0 Å². The maximum Gasteiger partial charge on any atom is 0.132 e. The molecule has 1 heterocycles. The van der Waals surface area contributed by atoms with Crippen molar-refractivity contribution >= 4 is 17.9 Å². The Labute approximate surface area is 86.7 Å². The molecular formula is C10H23NSi2. The summed E-state index contributed by atoms with van der Waals surface area (Å²) in [7, 11) is -0.526. The molecule has 0 aromatic rings. The van der Waals surface area contributed by atoms with Crippen LogP contribution in [-0.2, 0) is 0 Å². The lowest BCUT2D eigenvalue weighted by Crippen LogP contribution is -2.46. The van der Waals surface area contributed by atoms with Crippen molar-refractivity contribution in [3.8, 4) is 0 Å². The SMILES string of the molecule is CC(C)(C)[Si]1CC[Si](C(C)(C)C)N1. The number of hydrogen-bond acceptors (Lipinski definition) is 1. The Kier molecular flexibility index (Phi) is 3.10. The maximum absolute atomic E-state index is 3.97. The van der Waals surface area contributed by atoms with Crippen LogP contribution in [0.1, 0.15) is 41.5 Å². The van der Waals surface area contributed by atoms with E-state index in [0.29, 0.717) is 10.1 Å². The molecule has 3 heteroatoms. The fourth-order valence-electron chi connectivity index (χ4n) is 1.68. The number of hydrogen-bond donors (Lipinski definition) is 1. The van der Waals surface area contributed by atoms with Crippen LogP contribution >= 0.6 is 0 Å². The van der Waals surface area contributed by atoms with Gasteiger partial charge in [0, 0.05) is 0 Å². The van der Waals surface area contributed by atoms with Crippen LogP contribution in [0.3, 0.4) is 0 Å². The van der Waals surface area contributed by atoms with E-state index in [9.17, 15) is 0 Å². The van der Waals surface area contributed by atoms with Crippen molar-refractivity contribution in [3.63, 3.8) is 0 Å². The molecule has 0 amide bonds. The second-order valence-electron chi connectivity index (χ2n) is 6.08. The zero-order chi connectivity index (χ0) is 10.3. The fourth-order valence-corrected chi connectivity index (χ4v) is 10.6. The van der Waals surface area contributed by atoms with E-state index in [2.05, 4.69) is 46.2 Å². The fraction of sp³-hybridized carbons (Fsp3) is 1.00. The molecule has 1 aliphatic rings. The molecule has 76 valence electrons. The normalized spacial score (nSPS) is 22.6. The summed E-state index contributed by atoms with van der Waals surface area (Å²) in [5.74, 6) is 0. The Hall–Kier alpha value is 0.394. The maximum atomic E-state index is 3.97. The summed E-state index contributed by atoms with van der Waals surface area (Å²) >= 11 is 0. The van der Waals surface area contributed by atoms with Gasteiger partial charge in [0.2, 0.25) is 0 Å². The Morgan fingerprint density at radius 1 is 0.769 bits per heavy atom. The molecule has 1 rings (SSSR count). The lowest BCUT2D eigenvalue weighted by molar-refractivity contribution is 0.716. The molecule has 0 aliphatic carbocycles. The summed E-state index contributed by atoms with van der Waals surface area (Å²) in [6.07, 6.45) is 0. The molecular weight excluding hydrogens is 190 g/mol. The van der Waals surface area contributed by atoms with Gasteiger partial charge in [-0.3, -0.25) is 0 Å². The highest BCUT2D eigenvalue weighted by Gasteiger charge is 2.40. The first-order valence-electron chi connectivity index (χ1n) is 5.21. The minimum Gasteiger partial charge on any atom is -0.360 e. The van der Waals surface area contributed by atoms with Crippen LogP contribution in [0.2, 0.25) is 22.2 Å². The molecule has 1 nitrogen and oxygen atoms in total. The van der Waals surface area contributed by atoms with Crippen molar-refractivity contribution in [1.29, 1.82) is 0 Å². The van der Waals surface area contributed by atoms with Gasteiger partial charge in [-0.25, -0.2) is 0 Å². The number of nitrogens with one attached hydrogen (secondary N) is 1. The summed E-state index contributed by atoms with van der Waals surface area (Å²) in [5.41, 5.74) is 0. The van der Waals surface area contributed by atoms with E-state index in [-0.39, 0.29) is 17.9 Å². The Morgan fingerprint density at radius 3 is 1.23 bits per heavy atom. The molecule has 1 N–H and O–H groups in total. The second-order valence-corrected chi connectivity index (χ2v) is 13.0. The molecule has 0 saturated carbocycles. The molecule has 1 fully saturated rings. The van der Waals surface area contributed by atoms with E-state index >= 15 is 0 Å². The first-order chi connectivity index (χ1) is 5.71. The van der Waals surface area contributed by atoms with E-state index in [4.69, 9.17) is 0 Å². The van der Waals surface area contributed by atoms with E-state index in [1.54, 1.807) is 0 Å². The van der Waals surface area contributed by atoms with E-state index in [1.807, 2.05) is 0 Å². The average Bonchev–Trinajstić information content (AvgIpc) is 2.28. The molecule has 1 saturated heterocycles. The second kappa shape index (κ2) is 3.52. The van der Waals surface area contributed by atoms with Crippen molar-refractivity contribution in [2.75, 3.05) is 0 Å². The predicted octanol–water partition coefficient (Wildman–Crippen LogP) is 3.17. The topological polar surface area (TPSA) is 12.0 Å². The summed E-state index contributed by atoms with van der Waals surface area (Å²) in [4.78, 5) is 0. The first kappa shape index (κ1) is 11.5. The minimum atomic E-state index is -0.263. The van der Waals surface area contributed by atoms with Gasteiger partial charge in [-0.1, -0.05) is 41.5 Å². The minimum absolute atomic E-state index is 0.263. The van der Waals surface area contributed by atoms with E-state index in [1.165, 1.54) is 12.1 Å². The standard InChI is InChI=1S/C10H23NSi2/c1-9(2,3)12-7-8-13(11-12)10(4,5)6/h11H,7-8H2,1-6H3. The molecule has 1 aliphatic heterocycles. The third-order valence-electron chi connectivity index (χ3n) is 2.74. The average molecular weight is 213 g/mol. The molecule has 13 heavy (non-hydrogen) atoms. The van der Waals surface area contributed by atoms with Gasteiger partial charge in [0.05, 0.1) is 0 Å². The van der Waals surface area contributed by atoms with Crippen LogP contribution < -0.4 is 4.65 Å². The molecule has 2 radical (unpaired) electrons. The van der Waals surface area contributed by atoms with Gasteiger partial charge in [-0.15, -0.1) is 0 Å². The zero-order valence-electron chi connectivity index (χ0n) is 9.91. The Balaban J connectivity index is 2.55. The van der Waals surface area contributed by atoms with Crippen molar-refractivity contribution in [1.82, 2.24) is 4.65 Å². The van der Waals surface area contributed by atoms with Crippen molar-refractivity contribution < 1.29 is 0 Å². The highest BCUT2D eigenvalue weighted by molar-refractivity contribution is 6.80. The van der Waals surface area contributed by atoms with Crippen LogP contribution in [0.25, 0.3) is 0 Å². The lowest BCUT2D eigenvalue weighted by Gasteiger charge is -2.29. The molecule has 0 unspecified atom stereocenters. The number of rotatable bonds is 0. The highest BCUT2D eigenvalue weighted by atomic mass is 28.4. The zero-order valence-corrected chi connectivity index (χ0v) is 11.9. The Morgan fingerprint density at radius 2 is 1.08 bits per heavy atom. The van der Waals surface area contributed by atoms with Crippen LogP contribution in [0, 0.1) is 0 Å². The highest BCUT2D eigenvalue weighted by Crippen LogP contribution is 2.38. The van der Waals surface area contributed by atoms with E-state index in [0.717, 1.165) is 0 Å². The van der Waals surface area contributed by atoms with E-state index < -0.39 is 0 Å². The van der Waals surface area contributed by atoms with Crippen molar-refractivity contribution in [3.05, 3.63) is 0 Å². The quantitative estimate of drug-likeness (QED) is 0.610. The van der Waals surface area contributed by atoms with Crippen LogP contribution in [0.5, 0.6) is 0 Å². The van der Waals surface area contributed by atoms with Crippen molar-refractivity contribution in [2.24, 2.45) is 0 Å². The summed E-state index contributed by atoms with van der Waals surface area (Å²) in [6.45, 7) is 14.3. The van der Waals surface area contributed by atoms with Crippen LogP contribution in [-0.4, -0.2) is 17.9 Å². The molecule has 0 aromatic carbocycles. The summed E-state index contributed by atoms with van der Waals surface area (Å²) in [5, 5.41) is 1.09. The molecule has 0 atom stereocenters. The molecule has 0 spiro atoms. The first-order valence-corrected chi connectivity index (χ1v) is 8.62. The monoisotopic (exact) mass is 213 g/mol. The van der Waals surface area contributed by atoms with Crippen LogP contribution in [0.15, 0.2) is 0 Å². The van der Waals surface area contributed by atoms with Gasteiger partial charge in [0.25, 0.3) is 0 Å². The summed E-state index contributed by atoms with van der Waals surface area (Å²) in [6, 6.07) is 2.97. The van der Waals surface area contributed by atoms with Crippen molar-refractivity contribution in [2.45, 2.75) is 63.7 Å². The van der Waals surface area contributed by atoms with Gasteiger partial charge in [0.1, 0.15) is 17.9 Å². The Bertz CT molecular complexity index is 158. The van der Waals surface area contributed by atoms with Gasteiger partial charge in [0.15, 0.2) is 0 Å². The lowest BCUT2D eigenvalue weighted by atomic mass is 10.2. The van der Waals surface area contributed by atoms with Gasteiger partial charge in [-0.2, -0.15) is 0 Å². The smallest absolute Gasteiger partial charge is 0.132 e.